The Balaban J connectivity index is 1.68. The molecule has 0 bridgehead atoms. The molecule has 0 N–H and O–H groups in total. The van der Waals surface area contributed by atoms with Gasteiger partial charge in [-0.15, -0.1) is 11.8 Å². The molecule has 4 nitrogen and oxygen atoms in total. The van der Waals surface area contributed by atoms with Gasteiger partial charge in [-0.25, -0.2) is 9.97 Å². The summed E-state index contributed by atoms with van der Waals surface area (Å²) in [4.78, 5) is 9.83. The molecule has 0 unspecified atom stereocenters. The predicted octanol–water partition coefficient (Wildman–Crippen LogP) is 3.56. The van der Waals surface area contributed by atoms with Crippen LogP contribution in [-0.4, -0.2) is 25.4 Å². The molecule has 0 aliphatic carbocycles. The van der Waals surface area contributed by atoms with Crippen LogP contribution in [0.3, 0.4) is 0 Å². The molecule has 108 valence electrons. The third kappa shape index (κ3) is 3.36. The van der Waals surface area contributed by atoms with Crippen molar-refractivity contribution in [3.8, 4) is 11.4 Å². The molecule has 3 aromatic rings. The first-order chi connectivity index (χ1) is 10.4. The highest BCUT2D eigenvalue weighted by atomic mass is 32.2. The number of imidazole rings is 2. The smallest absolute Gasteiger partial charge is 0.139 e. The van der Waals surface area contributed by atoms with E-state index < -0.39 is 0 Å². The van der Waals surface area contributed by atoms with Crippen molar-refractivity contribution < 1.29 is 0 Å². The van der Waals surface area contributed by atoms with Gasteiger partial charge in [0.25, 0.3) is 0 Å². The van der Waals surface area contributed by atoms with Gasteiger partial charge >= 0.3 is 0 Å². The molecule has 3 rings (SSSR count). The molecule has 0 aliphatic heterocycles. The maximum atomic E-state index is 4.49. The van der Waals surface area contributed by atoms with E-state index in [-0.39, 0.29) is 0 Å². The molecular weight excluding hydrogens is 280 g/mol. The normalized spacial score (nSPS) is 10.9. The highest BCUT2D eigenvalue weighted by molar-refractivity contribution is 7.98. The third-order valence-corrected chi connectivity index (χ3v) is 4.18. The van der Waals surface area contributed by atoms with Gasteiger partial charge < -0.3 is 9.13 Å². The summed E-state index contributed by atoms with van der Waals surface area (Å²) in [6.45, 7) is 1.93. The first-order valence-corrected chi connectivity index (χ1v) is 8.20. The summed E-state index contributed by atoms with van der Waals surface area (Å²) in [6, 6.07) is 8.57. The number of hydrogen-bond acceptors (Lipinski definition) is 3. The summed E-state index contributed by atoms with van der Waals surface area (Å²) in [5.74, 6) is 1.04. The second-order valence-electron chi connectivity index (χ2n) is 4.83. The van der Waals surface area contributed by atoms with Gasteiger partial charge in [-0.1, -0.05) is 12.1 Å². The predicted molar refractivity (Wildman–Crippen MR) is 86.3 cm³/mol. The summed E-state index contributed by atoms with van der Waals surface area (Å²) in [7, 11) is 0. The zero-order valence-corrected chi connectivity index (χ0v) is 12.8. The van der Waals surface area contributed by atoms with E-state index in [0.29, 0.717) is 0 Å². The summed E-state index contributed by atoms with van der Waals surface area (Å²) < 4.78 is 4.31. The Hall–Kier alpha value is -2.01. The van der Waals surface area contributed by atoms with Gasteiger partial charge in [0, 0.05) is 48.3 Å². The minimum atomic E-state index is 0.956. The Labute approximate surface area is 128 Å². The molecule has 0 saturated carbocycles. The fourth-order valence-electron chi connectivity index (χ4n) is 2.33. The SMILES string of the molecule is CSc1ccc(-c2nccn2CCCn2ccnc2)cc1. The fraction of sp³-hybridized carbons (Fsp3) is 0.250. The maximum absolute atomic E-state index is 4.49. The van der Waals surface area contributed by atoms with Crippen molar-refractivity contribution in [3.63, 3.8) is 0 Å². The highest BCUT2D eigenvalue weighted by Gasteiger charge is 2.05. The van der Waals surface area contributed by atoms with E-state index >= 15 is 0 Å². The molecule has 5 heteroatoms. The van der Waals surface area contributed by atoms with Crippen molar-refractivity contribution in [1.29, 1.82) is 0 Å². The van der Waals surface area contributed by atoms with Gasteiger partial charge in [-0.3, -0.25) is 0 Å². The third-order valence-electron chi connectivity index (χ3n) is 3.44. The molecule has 0 spiro atoms. The van der Waals surface area contributed by atoms with Crippen molar-refractivity contribution in [2.75, 3.05) is 6.26 Å². The number of thioether (sulfide) groups is 1. The van der Waals surface area contributed by atoms with Crippen molar-refractivity contribution in [2.24, 2.45) is 0 Å². The maximum Gasteiger partial charge on any atom is 0.139 e. The van der Waals surface area contributed by atoms with Gasteiger partial charge in [0.1, 0.15) is 5.82 Å². The average Bonchev–Trinajstić information content (AvgIpc) is 3.19. The van der Waals surface area contributed by atoms with Gasteiger partial charge in [0.05, 0.1) is 6.33 Å². The lowest BCUT2D eigenvalue weighted by Crippen LogP contribution is -2.03. The summed E-state index contributed by atoms with van der Waals surface area (Å²) >= 11 is 1.76. The quantitative estimate of drug-likeness (QED) is 0.653. The van der Waals surface area contributed by atoms with E-state index in [1.165, 1.54) is 10.5 Å². The number of benzene rings is 1. The molecule has 21 heavy (non-hydrogen) atoms. The second-order valence-corrected chi connectivity index (χ2v) is 5.71. The van der Waals surface area contributed by atoms with E-state index in [1.807, 2.05) is 31.1 Å². The molecule has 2 heterocycles. The van der Waals surface area contributed by atoms with E-state index in [4.69, 9.17) is 0 Å². The van der Waals surface area contributed by atoms with Crippen LogP contribution in [0.5, 0.6) is 0 Å². The Morgan fingerprint density at radius 3 is 2.62 bits per heavy atom. The highest BCUT2D eigenvalue weighted by Crippen LogP contribution is 2.22. The van der Waals surface area contributed by atoms with E-state index in [2.05, 4.69) is 49.6 Å². The zero-order chi connectivity index (χ0) is 14.5. The average molecular weight is 298 g/mol. The molecule has 0 fully saturated rings. The van der Waals surface area contributed by atoms with E-state index in [1.54, 1.807) is 11.8 Å². The lowest BCUT2D eigenvalue weighted by molar-refractivity contribution is 0.566. The molecule has 0 amide bonds. The standard InChI is InChI=1S/C16H18N4S/c1-21-15-5-3-14(4-6-15)16-18-8-12-20(16)10-2-9-19-11-7-17-13-19/h3-8,11-13H,2,9-10H2,1H3. The van der Waals surface area contributed by atoms with Gasteiger partial charge in [-0.05, 0) is 24.8 Å². The van der Waals surface area contributed by atoms with Crippen LogP contribution >= 0.6 is 11.8 Å². The molecular formula is C16H18N4S. The van der Waals surface area contributed by atoms with Crippen LogP contribution < -0.4 is 0 Å². The van der Waals surface area contributed by atoms with Crippen molar-refractivity contribution >= 4 is 11.8 Å². The monoisotopic (exact) mass is 298 g/mol. The van der Waals surface area contributed by atoms with E-state index in [0.717, 1.165) is 25.3 Å². The van der Waals surface area contributed by atoms with Gasteiger partial charge in [-0.2, -0.15) is 0 Å². The van der Waals surface area contributed by atoms with Crippen molar-refractivity contribution in [2.45, 2.75) is 24.4 Å². The first kappa shape index (κ1) is 13.9. The summed E-state index contributed by atoms with van der Waals surface area (Å²) in [6.07, 6.45) is 12.7. The Morgan fingerprint density at radius 2 is 1.90 bits per heavy atom. The van der Waals surface area contributed by atoms with Crippen LogP contribution in [-0.2, 0) is 13.1 Å². The van der Waals surface area contributed by atoms with E-state index in [9.17, 15) is 0 Å². The molecule has 2 aromatic heterocycles. The number of aryl methyl sites for hydroxylation is 2. The Morgan fingerprint density at radius 1 is 1.05 bits per heavy atom. The van der Waals surface area contributed by atoms with Crippen molar-refractivity contribution in [3.05, 3.63) is 55.4 Å². The first-order valence-electron chi connectivity index (χ1n) is 6.98. The minimum Gasteiger partial charge on any atom is -0.337 e. The number of hydrogen-bond donors (Lipinski definition) is 0. The molecule has 0 atom stereocenters. The fourth-order valence-corrected chi connectivity index (χ4v) is 2.74. The van der Waals surface area contributed by atoms with Gasteiger partial charge in [0.2, 0.25) is 0 Å². The minimum absolute atomic E-state index is 0.956. The van der Waals surface area contributed by atoms with Crippen molar-refractivity contribution in [1.82, 2.24) is 19.1 Å². The number of rotatable bonds is 6. The largest absolute Gasteiger partial charge is 0.337 e. The molecule has 0 aliphatic rings. The number of nitrogens with zero attached hydrogens (tertiary/aromatic N) is 4. The van der Waals surface area contributed by atoms with Crippen LogP contribution in [0.4, 0.5) is 0 Å². The Kier molecular flexibility index (Phi) is 4.40. The van der Waals surface area contributed by atoms with Crippen LogP contribution in [0.15, 0.2) is 60.3 Å². The van der Waals surface area contributed by atoms with Crippen LogP contribution in [0.1, 0.15) is 6.42 Å². The second kappa shape index (κ2) is 6.63. The lowest BCUT2D eigenvalue weighted by atomic mass is 10.2. The number of aromatic nitrogens is 4. The zero-order valence-electron chi connectivity index (χ0n) is 12.0. The van der Waals surface area contributed by atoms with Crippen LogP contribution in [0.2, 0.25) is 0 Å². The van der Waals surface area contributed by atoms with Crippen LogP contribution in [0.25, 0.3) is 11.4 Å². The Bertz CT molecular complexity index is 671. The molecule has 0 radical (unpaired) electrons. The topological polar surface area (TPSA) is 35.6 Å². The summed E-state index contributed by atoms with van der Waals surface area (Å²) in [5, 5.41) is 0. The molecule has 0 saturated heterocycles. The lowest BCUT2D eigenvalue weighted by Gasteiger charge is -2.09. The molecule has 1 aromatic carbocycles. The van der Waals surface area contributed by atoms with Gasteiger partial charge in [0.15, 0.2) is 0 Å². The summed E-state index contributed by atoms with van der Waals surface area (Å²) in [5.41, 5.74) is 1.17. The van der Waals surface area contributed by atoms with Crippen LogP contribution in [0, 0.1) is 0 Å².